The van der Waals surface area contributed by atoms with Gasteiger partial charge in [-0.05, 0) is 42.7 Å². The van der Waals surface area contributed by atoms with Crippen LogP contribution in [0.2, 0.25) is 0 Å². The molecule has 0 fully saturated rings. The lowest BCUT2D eigenvalue weighted by atomic mass is 9.97. The van der Waals surface area contributed by atoms with Crippen LogP contribution in [-0.4, -0.2) is 34.9 Å². The van der Waals surface area contributed by atoms with Crippen molar-refractivity contribution in [3.05, 3.63) is 108 Å². The van der Waals surface area contributed by atoms with Crippen molar-refractivity contribution >= 4 is 11.9 Å². The van der Waals surface area contributed by atoms with E-state index in [9.17, 15) is 9.59 Å². The Labute approximate surface area is 223 Å². The Morgan fingerprint density at radius 3 is 2.00 bits per heavy atom. The molecule has 0 amide bonds. The van der Waals surface area contributed by atoms with Gasteiger partial charge in [0.15, 0.2) is 5.92 Å². The molecule has 0 unspecified atom stereocenters. The zero-order valence-electron chi connectivity index (χ0n) is 21.7. The van der Waals surface area contributed by atoms with E-state index in [0.29, 0.717) is 18.8 Å². The maximum Gasteiger partial charge on any atom is 0.320 e. The molecule has 0 N–H and O–H groups in total. The summed E-state index contributed by atoms with van der Waals surface area (Å²) < 4.78 is 18.1. The molecule has 38 heavy (non-hydrogen) atoms. The van der Waals surface area contributed by atoms with Crippen LogP contribution in [0.4, 0.5) is 0 Å². The molecule has 196 valence electrons. The summed E-state index contributed by atoms with van der Waals surface area (Å²) in [6.07, 6.45) is 2.02. The number of nitrogens with zero attached hydrogens (tertiary/aromatic N) is 2. The number of ether oxygens (including phenoxy) is 3. The van der Waals surface area contributed by atoms with Crippen molar-refractivity contribution in [3.8, 4) is 17.0 Å². The number of carbonyl (C=O) groups excluding carboxylic acids is 2. The Hall–Kier alpha value is -4.39. The summed E-state index contributed by atoms with van der Waals surface area (Å²) in [5, 5.41) is 4.82. The van der Waals surface area contributed by atoms with Gasteiger partial charge in [-0.15, -0.1) is 0 Å². The molecule has 4 aromatic rings. The molecule has 1 heterocycles. The third kappa shape index (κ3) is 7.09. The molecule has 0 saturated carbocycles. The Balaban J connectivity index is 1.54. The van der Waals surface area contributed by atoms with Gasteiger partial charge in [-0.1, -0.05) is 72.8 Å². The van der Waals surface area contributed by atoms with E-state index in [2.05, 4.69) is 0 Å². The number of hydrogen-bond acceptors (Lipinski definition) is 6. The van der Waals surface area contributed by atoms with Gasteiger partial charge < -0.3 is 14.2 Å². The van der Waals surface area contributed by atoms with Crippen molar-refractivity contribution < 1.29 is 23.8 Å². The fraction of sp³-hybridized carbons (Fsp3) is 0.258. The van der Waals surface area contributed by atoms with E-state index in [-0.39, 0.29) is 19.6 Å². The molecule has 3 aromatic carbocycles. The van der Waals surface area contributed by atoms with Crippen molar-refractivity contribution in [2.75, 3.05) is 13.2 Å². The average molecular weight is 513 g/mol. The van der Waals surface area contributed by atoms with Gasteiger partial charge in [0.25, 0.3) is 0 Å². The molecule has 0 radical (unpaired) electrons. The third-order valence-electron chi connectivity index (χ3n) is 5.97. The molecule has 0 saturated heterocycles. The molecule has 4 rings (SSSR count). The summed E-state index contributed by atoms with van der Waals surface area (Å²) >= 11 is 0. The van der Waals surface area contributed by atoms with Crippen molar-refractivity contribution in [3.63, 3.8) is 0 Å². The van der Waals surface area contributed by atoms with E-state index in [0.717, 1.165) is 28.0 Å². The van der Waals surface area contributed by atoms with Crippen LogP contribution in [0.5, 0.6) is 5.75 Å². The second kappa shape index (κ2) is 13.2. The topological polar surface area (TPSA) is 79.7 Å². The van der Waals surface area contributed by atoms with Crippen molar-refractivity contribution in [2.45, 2.75) is 33.4 Å². The van der Waals surface area contributed by atoms with E-state index in [1.807, 2.05) is 95.8 Å². The highest BCUT2D eigenvalue weighted by molar-refractivity contribution is 5.95. The largest absolute Gasteiger partial charge is 0.489 e. The van der Waals surface area contributed by atoms with Crippen molar-refractivity contribution in [2.24, 2.45) is 5.92 Å². The summed E-state index contributed by atoms with van der Waals surface area (Å²) in [5.41, 5.74) is 4.53. The van der Waals surface area contributed by atoms with Crippen LogP contribution in [-0.2, 0) is 38.6 Å². The molecular weight excluding hydrogens is 480 g/mol. The highest BCUT2D eigenvalue weighted by atomic mass is 16.6. The van der Waals surface area contributed by atoms with Crippen LogP contribution in [0.15, 0.2) is 91.1 Å². The van der Waals surface area contributed by atoms with Gasteiger partial charge >= 0.3 is 11.9 Å². The minimum Gasteiger partial charge on any atom is -0.489 e. The Morgan fingerprint density at radius 2 is 1.39 bits per heavy atom. The Kier molecular flexibility index (Phi) is 9.29. The summed E-state index contributed by atoms with van der Waals surface area (Å²) in [4.78, 5) is 25.2. The van der Waals surface area contributed by atoms with E-state index >= 15 is 0 Å². The first-order valence-corrected chi connectivity index (χ1v) is 12.8. The number of aromatic nitrogens is 2. The molecule has 1 aromatic heterocycles. The van der Waals surface area contributed by atoms with Crippen molar-refractivity contribution in [1.82, 2.24) is 9.78 Å². The van der Waals surface area contributed by atoms with Gasteiger partial charge in [0.2, 0.25) is 0 Å². The van der Waals surface area contributed by atoms with E-state index < -0.39 is 17.9 Å². The van der Waals surface area contributed by atoms with E-state index in [1.165, 1.54) is 0 Å². The third-order valence-corrected chi connectivity index (χ3v) is 5.97. The lowest BCUT2D eigenvalue weighted by Gasteiger charge is -2.14. The maximum atomic E-state index is 12.6. The highest BCUT2D eigenvalue weighted by Crippen LogP contribution is 2.26. The van der Waals surface area contributed by atoms with Gasteiger partial charge in [0, 0.05) is 18.2 Å². The number of carbonyl (C=O) groups is 2. The predicted octanol–water partition coefficient (Wildman–Crippen LogP) is 5.46. The first-order chi connectivity index (χ1) is 18.6. The van der Waals surface area contributed by atoms with E-state index in [1.54, 1.807) is 13.8 Å². The van der Waals surface area contributed by atoms with Crippen LogP contribution >= 0.6 is 0 Å². The van der Waals surface area contributed by atoms with Gasteiger partial charge in [0.05, 0.1) is 25.5 Å². The van der Waals surface area contributed by atoms with Crippen LogP contribution < -0.4 is 4.74 Å². The SMILES string of the molecule is CCOC(=O)C(Cc1cn(Cc2ccc(OCc3ccccc3)cc2)nc1-c1ccccc1)C(=O)OCC. The number of benzene rings is 3. The first-order valence-electron chi connectivity index (χ1n) is 12.8. The first kappa shape index (κ1) is 26.7. The summed E-state index contributed by atoms with van der Waals surface area (Å²) in [6.45, 7) is 4.82. The molecule has 0 bridgehead atoms. The molecule has 0 aliphatic carbocycles. The molecular formula is C31H32N2O5. The predicted molar refractivity (Wildman–Crippen MR) is 144 cm³/mol. The van der Waals surface area contributed by atoms with Crippen LogP contribution in [0.1, 0.15) is 30.5 Å². The van der Waals surface area contributed by atoms with Crippen molar-refractivity contribution in [1.29, 1.82) is 0 Å². The average Bonchev–Trinajstić information content (AvgIpc) is 3.34. The summed E-state index contributed by atoms with van der Waals surface area (Å²) in [7, 11) is 0. The number of esters is 2. The molecule has 0 atom stereocenters. The smallest absolute Gasteiger partial charge is 0.320 e. The highest BCUT2D eigenvalue weighted by Gasteiger charge is 2.31. The molecule has 0 aliphatic rings. The zero-order chi connectivity index (χ0) is 26.7. The monoisotopic (exact) mass is 512 g/mol. The fourth-order valence-corrected chi connectivity index (χ4v) is 4.12. The minimum absolute atomic E-state index is 0.133. The van der Waals surface area contributed by atoms with Gasteiger partial charge in [-0.3, -0.25) is 14.3 Å². The molecule has 7 heteroatoms. The lowest BCUT2D eigenvalue weighted by molar-refractivity contribution is -0.161. The van der Waals surface area contributed by atoms with Gasteiger partial charge in [0.1, 0.15) is 12.4 Å². The molecule has 0 spiro atoms. The van der Waals surface area contributed by atoms with Crippen LogP contribution in [0.3, 0.4) is 0 Å². The van der Waals surface area contributed by atoms with Crippen LogP contribution in [0.25, 0.3) is 11.3 Å². The number of hydrogen-bond donors (Lipinski definition) is 0. The quantitative estimate of drug-likeness (QED) is 0.185. The normalized spacial score (nSPS) is 10.8. The lowest BCUT2D eigenvalue weighted by Crippen LogP contribution is -2.30. The summed E-state index contributed by atoms with van der Waals surface area (Å²) in [5.74, 6) is -1.46. The zero-order valence-corrected chi connectivity index (χ0v) is 21.7. The Morgan fingerprint density at radius 1 is 0.789 bits per heavy atom. The van der Waals surface area contributed by atoms with Crippen LogP contribution in [0, 0.1) is 5.92 Å². The minimum atomic E-state index is -1.06. The molecule has 0 aliphatic heterocycles. The fourth-order valence-electron chi connectivity index (χ4n) is 4.12. The standard InChI is InChI=1S/C31H32N2O5/c1-3-36-30(34)28(31(35)37-4-2)19-26-21-33(32-29(26)25-13-9-6-10-14-25)20-23-15-17-27(18-16-23)38-22-24-11-7-5-8-12-24/h5-18,21,28H,3-4,19-20,22H2,1-2H3. The summed E-state index contributed by atoms with van der Waals surface area (Å²) in [6, 6.07) is 27.6. The van der Waals surface area contributed by atoms with Gasteiger partial charge in [-0.25, -0.2) is 0 Å². The maximum absolute atomic E-state index is 12.6. The number of rotatable bonds is 12. The van der Waals surface area contributed by atoms with E-state index in [4.69, 9.17) is 19.3 Å². The second-order valence-corrected chi connectivity index (χ2v) is 8.75. The molecule has 7 nitrogen and oxygen atoms in total. The Bertz CT molecular complexity index is 1300. The second-order valence-electron chi connectivity index (χ2n) is 8.75. The van der Waals surface area contributed by atoms with Gasteiger partial charge in [-0.2, -0.15) is 5.10 Å².